The molecule has 0 unspecified atom stereocenters. The van der Waals surface area contributed by atoms with Crippen molar-refractivity contribution in [3.63, 3.8) is 0 Å². The van der Waals surface area contributed by atoms with Gasteiger partial charge in [0.1, 0.15) is 7.63 Å². The lowest BCUT2D eigenvalue weighted by molar-refractivity contribution is -0.137. The molecule has 0 atom stereocenters. The van der Waals surface area contributed by atoms with E-state index in [1.54, 1.807) is 0 Å². The van der Waals surface area contributed by atoms with Crippen LogP contribution in [0.15, 0.2) is 0 Å². The number of hydrogen-bond acceptors (Lipinski definition) is 2. The zero-order valence-electron chi connectivity index (χ0n) is 4.68. The van der Waals surface area contributed by atoms with E-state index in [0.29, 0.717) is 0 Å². The van der Waals surface area contributed by atoms with E-state index in [4.69, 9.17) is 6.48 Å². The summed E-state index contributed by atoms with van der Waals surface area (Å²) in [4.78, 5) is 19.4. The van der Waals surface area contributed by atoms with Gasteiger partial charge < -0.3 is 9.90 Å². The van der Waals surface area contributed by atoms with Crippen LogP contribution >= 0.6 is 0 Å². The van der Waals surface area contributed by atoms with E-state index in [9.17, 15) is 9.59 Å². The molecule has 0 amide bonds. The van der Waals surface area contributed by atoms with Crippen LogP contribution in [0.2, 0.25) is 0 Å². The third-order valence-corrected chi connectivity index (χ3v) is 0.441. The average Bonchev–Trinajstić information content (AvgIpc) is 1.61. The lowest BCUT2D eigenvalue weighted by Gasteiger charge is -1.79. The maximum atomic E-state index is 9.75. The van der Waals surface area contributed by atoms with Crippen LogP contribution in [0.5, 0.6) is 0 Å². The van der Waals surface area contributed by atoms with Crippen LogP contribution < -0.4 is 0 Å². The Bertz CT molecular complexity index is 95.9. The van der Waals surface area contributed by atoms with Crippen LogP contribution in [-0.2, 0) is 9.59 Å². The molecule has 0 aliphatic heterocycles. The Hall–Kier alpha value is -0.860. The van der Waals surface area contributed by atoms with Gasteiger partial charge in [-0.3, -0.25) is 4.79 Å². The van der Waals surface area contributed by atoms with Crippen molar-refractivity contribution in [2.45, 2.75) is 12.8 Å². The van der Waals surface area contributed by atoms with Gasteiger partial charge in [-0.1, -0.05) is 0 Å². The van der Waals surface area contributed by atoms with Crippen LogP contribution in [-0.4, -0.2) is 17.3 Å². The predicted molar refractivity (Wildman–Crippen MR) is 22.9 cm³/mol. The van der Waals surface area contributed by atoms with Crippen molar-refractivity contribution in [1.29, 1.82) is 0 Å². The van der Waals surface area contributed by atoms with Crippen molar-refractivity contribution in [2.75, 3.05) is 0 Å². The first-order valence-corrected chi connectivity index (χ1v) is 1.84. The number of carboxylic acid groups (broad SMARTS) is 1. The summed E-state index contributed by atoms with van der Waals surface area (Å²) in [5.74, 6) is -1.04. The third kappa shape index (κ3) is 5.14. The molecule has 0 saturated carbocycles. The lowest BCUT2D eigenvalue weighted by Crippen LogP contribution is -1.93. The monoisotopic (exact) mass is 103 g/mol. The number of carbonyl (C=O) groups is 2. The van der Waals surface area contributed by atoms with Gasteiger partial charge in [-0.15, -0.1) is 0 Å². The molecule has 0 spiro atoms. The van der Waals surface area contributed by atoms with Gasteiger partial charge in [0.15, 0.2) is 0 Å². The van der Waals surface area contributed by atoms with E-state index >= 15 is 0 Å². The number of aldehydes is 1. The molecule has 0 aliphatic carbocycles. The van der Waals surface area contributed by atoms with Crippen LogP contribution in [0.4, 0.5) is 0 Å². The van der Waals surface area contributed by atoms with Gasteiger partial charge in [-0.25, -0.2) is 0 Å². The number of carbonyl (C=O) groups excluding carboxylic acids is 1. The zero-order chi connectivity index (χ0) is 6.57. The number of aliphatic carboxylic acids is 1. The smallest absolute Gasteiger partial charge is 0.303 e. The summed E-state index contributed by atoms with van der Waals surface area (Å²) in [5.41, 5.74) is 0. The van der Waals surface area contributed by atoms with Gasteiger partial charge in [-0.05, 0) is 0 Å². The molecule has 0 bridgehead atoms. The zero-order valence-corrected chi connectivity index (χ0v) is 3.68. The molecular weight excluding hydrogens is 96.0 g/mol. The fraction of sp³-hybridized carbons (Fsp3) is 0.500. The molecule has 1 N–H and O–H groups in total. The first kappa shape index (κ1) is 4.30. The molecule has 0 aromatic carbocycles. The molecule has 40 valence electrons. The van der Waals surface area contributed by atoms with E-state index in [1.165, 1.54) is 0 Å². The molecule has 0 fully saturated rings. The highest BCUT2D eigenvalue weighted by molar-refractivity contribution is 5.70. The van der Waals surface area contributed by atoms with Gasteiger partial charge in [-0.2, -0.15) is 0 Å². The van der Waals surface area contributed by atoms with Gasteiger partial charge in [0.05, 0.1) is 6.42 Å². The molecule has 0 aromatic heterocycles. The van der Waals surface area contributed by atoms with Crippen molar-refractivity contribution >= 4 is 12.2 Å². The second kappa shape index (κ2) is 3.33. The average molecular weight is 103 g/mol. The molecule has 0 saturated heterocycles. The Morgan fingerprint density at radius 1 is 2.00 bits per heavy atom. The normalized spacial score (nSPS) is 10.0. The summed E-state index contributed by atoms with van der Waals surface area (Å²) in [6.45, 7) is 0. The summed E-state index contributed by atoms with van der Waals surface area (Å²) < 4.78 is 6.27. The third-order valence-electron chi connectivity index (χ3n) is 0.441. The summed E-state index contributed by atoms with van der Waals surface area (Å²) in [6, 6.07) is 0. The Morgan fingerprint density at radius 3 is 2.71 bits per heavy atom. The SMILES string of the molecule is [2H]C(=O)CCC(=O)O. The fourth-order valence-electron chi connectivity index (χ4n) is 0.158. The van der Waals surface area contributed by atoms with Crippen LogP contribution in [0.1, 0.15) is 14.2 Å². The summed E-state index contributed by atoms with van der Waals surface area (Å²) in [6.07, 6.45) is -1.25. The standard InChI is InChI=1S/C4H6O3/c5-3-1-2-4(6)7/h3H,1-2H2,(H,6,7)/i3D. The van der Waals surface area contributed by atoms with Crippen molar-refractivity contribution in [3.8, 4) is 0 Å². The van der Waals surface area contributed by atoms with Gasteiger partial charge in [0, 0.05) is 6.42 Å². The Labute approximate surface area is 42.4 Å². The van der Waals surface area contributed by atoms with Gasteiger partial charge in [0.25, 0.3) is 0 Å². The lowest BCUT2D eigenvalue weighted by atomic mass is 10.3. The predicted octanol–water partition coefficient (Wildman–Crippen LogP) is 0.0501. The molecule has 0 aliphatic rings. The quantitative estimate of drug-likeness (QED) is 0.513. The van der Waals surface area contributed by atoms with E-state index < -0.39 is 12.2 Å². The van der Waals surface area contributed by atoms with E-state index in [2.05, 4.69) is 0 Å². The highest BCUT2D eigenvalue weighted by Gasteiger charge is 1.91. The number of carboxylic acids is 1. The summed E-state index contributed by atoms with van der Waals surface area (Å²) >= 11 is 0. The number of hydrogen-bond donors (Lipinski definition) is 1. The van der Waals surface area contributed by atoms with E-state index in [-0.39, 0.29) is 12.8 Å². The Balaban J connectivity index is 3.18. The fourth-order valence-corrected chi connectivity index (χ4v) is 0.158. The summed E-state index contributed by atoms with van der Waals surface area (Å²) in [5, 5.41) is 7.93. The minimum Gasteiger partial charge on any atom is -0.481 e. The molecule has 7 heavy (non-hydrogen) atoms. The van der Waals surface area contributed by atoms with Crippen molar-refractivity contribution < 1.29 is 16.1 Å². The molecule has 3 heteroatoms. The maximum Gasteiger partial charge on any atom is 0.303 e. The first-order chi connectivity index (χ1) is 3.63. The van der Waals surface area contributed by atoms with E-state index in [1.807, 2.05) is 0 Å². The highest BCUT2D eigenvalue weighted by atomic mass is 16.4. The second-order valence-corrected chi connectivity index (χ2v) is 1.04. The summed E-state index contributed by atoms with van der Waals surface area (Å²) in [7, 11) is 0. The van der Waals surface area contributed by atoms with Crippen molar-refractivity contribution in [2.24, 2.45) is 0 Å². The minimum absolute atomic E-state index is 0.185. The first-order valence-electron chi connectivity index (χ1n) is 2.34. The molecular formula is C4H6O3. The Morgan fingerprint density at radius 2 is 2.57 bits per heavy atom. The van der Waals surface area contributed by atoms with Gasteiger partial charge >= 0.3 is 5.97 Å². The topological polar surface area (TPSA) is 54.4 Å². The van der Waals surface area contributed by atoms with Crippen LogP contribution in [0, 0.1) is 0 Å². The van der Waals surface area contributed by atoms with Crippen LogP contribution in [0.25, 0.3) is 0 Å². The Kier molecular flexibility index (Phi) is 2.05. The maximum absolute atomic E-state index is 9.75. The number of rotatable bonds is 3. The second-order valence-electron chi connectivity index (χ2n) is 1.04. The van der Waals surface area contributed by atoms with Crippen LogP contribution in [0.3, 0.4) is 0 Å². The highest BCUT2D eigenvalue weighted by Crippen LogP contribution is 1.80. The molecule has 0 heterocycles. The largest absolute Gasteiger partial charge is 0.481 e. The van der Waals surface area contributed by atoms with Crippen molar-refractivity contribution in [3.05, 3.63) is 0 Å². The van der Waals surface area contributed by atoms with Crippen molar-refractivity contribution in [1.82, 2.24) is 0 Å². The minimum atomic E-state index is -1.04. The molecule has 3 nitrogen and oxygen atoms in total. The van der Waals surface area contributed by atoms with E-state index in [0.717, 1.165) is 0 Å². The van der Waals surface area contributed by atoms with Gasteiger partial charge in [0.2, 0.25) is 0 Å². The molecule has 0 aromatic rings. The molecule has 0 rings (SSSR count). The molecule has 0 radical (unpaired) electrons.